The third-order valence-electron chi connectivity index (χ3n) is 3.92. The summed E-state index contributed by atoms with van der Waals surface area (Å²) in [5, 5.41) is 11.8. The van der Waals surface area contributed by atoms with Crippen LogP contribution in [0.4, 0.5) is 5.69 Å². The Balaban J connectivity index is 1.49. The van der Waals surface area contributed by atoms with E-state index in [0.29, 0.717) is 28.6 Å². The summed E-state index contributed by atoms with van der Waals surface area (Å²) in [4.78, 5) is 16.4. The fourth-order valence-corrected chi connectivity index (χ4v) is 2.88. The molecule has 134 valence electrons. The summed E-state index contributed by atoms with van der Waals surface area (Å²) < 4.78 is 3.30. The van der Waals surface area contributed by atoms with Gasteiger partial charge < -0.3 is 5.32 Å². The predicted octanol–water partition coefficient (Wildman–Crippen LogP) is 3.42. The summed E-state index contributed by atoms with van der Waals surface area (Å²) >= 11 is 6.18. The molecule has 4 aromatic rings. The largest absolute Gasteiger partial charge is 0.321 e. The van der Waals surface area contributed by atoms with Gasteiger partial charge in [0.2, 0.25) is 0 Å². The second-order valence-corrected chi connectivity index (χ2v) is 6.25. The van der Waals surface area contributed by atoms with Crippen molar-refractivity contribution in [3.05, 3.63) is 89.7 Å². The van der Waals surface area contributed by atoms with E-state index in [4.69, 9.17) is 11.6 Å². The van der Waals surface area contributed by atoms with Crippen molar-refractivity contribution in [3.63, 3.8) is 0 Å². The third-order valence-corrected chi connectivity index (χ3v) is 4.24. The van der Waals surface area contributed by atoms with E-state index in [1.807, 2.05) is 42.5 Å². The van der Waals surface area contributed by atoms with Gasteiger partial charge >= 0.3 is 0 Å². The highest BCUT2D eigenvalue weighted by Gasteiger charge is 2.12. The van der Waals surface area contributed by atoms with Gasteiger partial charge in [-0.1, -0.05) is 35.9 Å². The normalized spacial score (nSPS) is 10.7. The summed E-state index contributed by atoms with van der Waals surface area (Å²) in [7, 11) is 0. The van der Waals surface area contributed by atoms with Crippen LogP contribution in [0.3, 0.4) is 0 Å². The molecule has 0 bridgehead atoms. The van der Waals surface area contributed by atoms with E-state index in [1.54, 1.807) is 34.0 Å². The van der Waals surface area contributed by atoms with E-state index >= 15 is 0 Å². The number of nitrogens with zero attached hydrogens (tertiary/aromatic N) is 5. The van der Waals surface area contributed by atoms with Crippen molar-refractivity contribution in [1.29, 1.82) is 0 Å². The van der Waals surface area contributed by atoms with E-state index in [-0.39, 0.29) is 5.91 Å². The minimum absolute atomic E-state index is 0.293. The smallest absolute Gasteiger partial charge is 0.276 e. The van der Waals surface area contributed by atoms with Crippen molar-refractivity contribution >= 4 is 23.2 Å². The molecule has 0 spiro atoms. The van der Waals surface area contributed by atoms with Gasteiger partial charge in [-0.15, -0.1) is 0 Å². The molecule has 0 aliphatic rings. The lowest BCUT2D eigenvalue weighted by atomic mass is 10.2. The molecule has 27 heavy (non-hydrogen) atoms. The number of aromatic nitrogens is 5. The van der Waals surface area contributed by atoms with Gasteiger partial charge in [0.05, 0.1) is 17.3 Å². The molecule has 4 rings (SSSR count). The molecular weight excluding hydrogens is 364 g/mol. The van der Waals surface area contributed by atoms with Crippen molar-refractivity contribution in [2.75, 3.05) is 5.32 Å². The highest BCUT2D eigenvalue weighted by atomic mass is 35.5. The van der Waals surface area contributed by atoms with Crippen molar-refractivity contribution in [2.24, 2.45) is 0 Å². The van der Waals surface area contributed by atoms with Gasteiger partial charge in [0.15, 0.2) is 5.69 Å². The molecule has 0 fully saturated rings. The molecule has 0 saturated carbocycles. The topological polar surface area (TPSA) is 77.6 Å². The Morgan fingerprint density at radius 1 is 1.11 bits per heavy atom. The summed E-state index contributed by atoms with van der Waals surface area (Å²) in [5.41, 5.74) is 2.70. The molecule has 0 aliphatic heterocycles. The van der Waals surface area contributed by atoms with E-state index in [0.717, 1.165) is 5.56 Å². The summed E-state index contributed by atoms with van der Waals surface area (Å²) in [6, 6.07) is 16.5. The van der Waals surface area contributed by atoms with Gasteiger partial charge in [0.1, 0.15) is 12.7 Å². The lowest BCUT2D eigenvalue weighted by Crippen LogP contribution is -2.13. The highest BCUT2D eigenvalue weighted by Crippen LogP contribution is 2.19. The molecule has 2 aromatic heterocycles. The molecule has 2 heterocycles. The van der Waals surface area contributed by atoms with Gasteiger partial charge in [0, 0.05) is 11.9 Å². The Morgan fingerprint density at radius 3 is 2.81 bits per heavy atom. The lowest BCUT2D eigenvalue weighted by molar-refractivity contribution is 0.102. The zero-order chi connectivity index (χ0) is 18.6. The lowest BCUT2D eigenvalue weighted by Gasteiger charge is -2.07. The molecule has 0 radical (unpaired) electrons. The van der Waals surface area contributed by atoms with E-state index in [9.17, 15) is 4.79 Å². The number of anilines is 1. The molecule has 0 saturated heterocycles. The molecule has 0 unspecified atom stereocenters. The second kappa shape index (κ2) is 7.43. The monoisotopic (exact) mass is 378 g/mol. The zero-order valence-corrected chi connectivity index (χ0v) is 14.9. The maximum Gasteiger partial charge on any atom is 0.276 e. The third kappa shape index (κ3) is 3.88. The number of halogens is 1. The first-order chi connectivity index (χ1) is 13.2. The van der Waals surface area contributed by atoms with Crippen LogP contribution in [0.1, 0.15) is 16.1 Å². The van der Waals surface area contributed by atoms with Gasteiger partial charge in [-0.3, -0.25) is 4.79 Å². The van der Waals surface area contributed by atoms with Crippen molar-refractivity contribution < 1.29 is 4.79 Å². The van der Waals surface area contributed by atoms with Gasteiger partial charge in [-0.2, -0.15) is 10.2 Å². The first-order valence-corrected chi connectivity index (χ1v) is 8.60. The molecule has 1 amide bonds. The SMILES string of the molecule is O=C(Nc1cccc(Cn2cncn2)c1)c1ccn(-c2ccccc2Cl)n1. The summed E-state index contributed by atoms with van der Waals surface area (Å²) in [6.07, 6.45) is 4.84. The molecular formula is C19H15ClN6O. The number of rotatable bonds is 5. The maximum absolute atomic E-state index is 12.5. The average Bonchev–Trinajstić information content (AvgIpc) is 3.34. The van der Waals surface area contributed by atoms with Gasteiger partial charge in [0.25, 0.3) is 5.91 Å². The van der Waals surface area contributed by atoms with Crippen molar-refractivity contribution in [3.8, 4) is 5.69 Å². The second-order valence-electron chi connectivity index (χ2n) is 5.84. The quantitative estimate of drug-likeness (QED) is 0.577. The average molecular weight is 379 g/mol. The predicted molar refractivity (Wildman–Crippen MR) is 102 cm³/mol. The molecule has 7 nitrogen and oxygen atoms in total. The maximum atomic E-state index is 12.5. The number of hydrogen-bond donors (Lipinski definition) is 1. The number of para-hydroxylation sites is 1. The number of benzene rings is 2. The molecule has 8 heteroatoms. The number of hydrogen-bond acceptors (Lipinski definition) is 4. The zero-order valence-electron chi connectivity index (χ0n) is 14.2. The van der Waals surface area contributed by atoms with Crippen LogP contribution >= 0.6 is 11.6 Å². The molecule has 0 atom stereocenters. The van der Waals surface area contributed by atoms with Crippen LogP contribution in [0.5, 0.6) is 0 Å². The number of amides is 1. The van der Waals surface area contributed by atoms with Gasteiger partial charge in [-0.25, -0.2) is 14.3 Å². The van der Waals surface area contributed by atoms with Crippen molar-refractivity contribution in [1.82, 2.24) is 24.5 Å². The van der Waals surface area contributed by atoms with Crippen LogP contribution in [-0.2, 0) is 6.54 Å². The number of nitrogens with one attached hydrogen (secondary N) is 1. The Morgan fingerprint density at radius 2 is 2.00 bits per heavy atom. The van der Waals surface area contributed by atoms with Crippen LogP contribution in [0.15, 0.2) is 73.4 Å². The highest BCUT2D eigenvalue weighted by molar-refractivity contribution is 6.32. The summed E-state index contributed by atoms with van der Waals surface area (Å²) in [5.74, 6) is -0.293. The summed E-state index contributed by atoms with van der Waals surface area (Å²) in [6.45, 7) is 0.574. The van der Waals surface area contributed by atoms with E-state index < -0.39 is 0 Å². The molecule has 0 aliphatic carbocycles. The fraction of sp³-hybridized carbons (Fsp3) is 0.0526. The van der Waals surface area contributed by atoms with Crippen LogP contribution in [0.2, 0.25) is 5.02 Å². The minimum atomic E-state index is -0.293. The molecule has 2 aromatic carbocycles. The van der Waals surface area contributed by atoms with Crippen LogP contribution in [0, 0.1) is 0 Å². The number of carbonyl (C=O) groups excluding carboxylic acids is 1. The van der Waals surface area contributed by atoms with Crippen LogP contribution in [0.25, 0.3) is 5.69 Å². The standard InChI is InChI=1S/C19H15ClN6O/c20-16-6-1-2-7-18(16)26-9-8-17(24-26)19(27)23-15-5-3-4-14(10-15)11-25-13-21-12-22-25/h1-10,12-13H,11H2,(H,23,27). The van der Waals surface area contributed by atoms with Crippen LogP contribution < -0.4 is 5.32 Å². The minimum Gasteiger partial charge on any atom is -0.321 e. The molecule has 1 N–H and O–H groups in total. The van der Waals surface area contributed by atoms with E-state index in [1.165, 1.54) is 6.33 Å². The Hall–Kier alpha value is -3.45. The van der Waals surface area contributed by atoms with E-state index in [2.05, 4.69) is 20.5 Å². The van der Waals surface area contributed by atoms with Crippen molar-refractivity contribution in [2.45, 2.75) is 6.54 Å². The Labute approximate surface area is 160 Å². The first-order valence-electron chi connectivity index (χ1n) is 8.22. The first kappa shape index (κ1) is 17.0. The number of carbonyl (C=O) groups is 1. The Bertz CT molecular complexity index is 1070. The van der Waals surface area contributed by atoms with Crippen LogP contribution in [-0.4, -0.2) is 30.5 Å². The van der Waals surface area contributed by atoms with Gasteiger partial charge in [-0.05, 0) is 35.9 Å². The fourth-order valence-electron chi connectivity index (χ4n) is 2.66. The Kier molecular flexibility index (Phi) is 4.67.